The molecule has 7 nitrogen and oxygen atoms in total. The predicted octanol–water partition coefficient (Wildman–Crippen LogP) is 2.72. The van der Waals surface area contributed by atoms with Crippen molar-refractivity contribution in [2.75, 3.05) is 44.3 Å². The number of benzene rings is 1. The third-order valence-corrected chi connectivity index (χ3v) is 6.69. The van der Waals surface area contributed by atoms with Gasteiger partial charge in [-0.1, -0.05) is 29.8 Å². The van der Waals surface area contributed by atoms with Crippen molar-refractivity contribution >= 4 is 22.9 Å². The molecule has 35 heavy (non-hydrogen) atoms. The Balaban J connectivity index is 1.33. The molecule has 8 heteroatoms. The number of fused-ring (bicyclic) bond motifs is 1. The summed E-state index contributed by atoms with van der Waals surface area (Å²) in [6.45, 7) is 4.07. The quantitative estimate of drug-likeness (QED) is 0.471. The number of hydrogen-bond acceptors (Lipinski definition) is 6. The van der Waals surface area contributed by atoms with Crippen LogP contribution in [-0.4, -0.2) is 60.2 Å². The molecule has 1 unspecified atom stereocenters. The molecule has 0 saturated carbocycles. The van der Waals surface area contributed by atoms with Crippen molar-refractivity contribution in [3.05, 3.63) is 98.7 Å². The van der Waals surface area contributed by atoms with Crippen molar-refractivity contribution in [1.29, 1.82) is 0 Å². The SMILES string of the molecule is O=c1cc(C2=CCc3ncc(N4CCOC(CNCCO)C4)cc32)ccn1Cc1cccc(Cl)c1. The van der Waals surface area contributed by atoms with E-state index in [1.54, 1.807) is 10.6 Å². The number of hydrogen-bond donors (Lipinski definition) is 2. The molecule has 5 rings (SSSR count). The van der Waals surface area contributed by atoms with Gasteiger partial charge in [0.1, 0.15) is 0 Å². The van der Waals surface area contributed by atoms with Crippen LogP contribution < -0.4 is 15.8 Å². The Kier molecular flexibility index (Phi) is 7.29. The van der Waals surface area contributed by atoms with Gasteiger partial charge < -0.3 is 24.6 Å². The number of nitrogens with zero attached hydrogens (tertiary/aromatic N) is 3. The average molecular weight is 493 g/mol. The number of morpholine rings is 1. The second-order valence-electron chi connectivity index (χ2n) is 8.89. The summed E-state index contributed by atoms with van der Waals surface area (Å²) in [5.74, 6) is 0. The highest BCUT2D eigenvalue weighted by molar-refractivity contribution is 6.30. The van der Waals surface area contributed by atoms with Crippen LogP contribution in [0.1, 0.15) is 22.4 Å². The first kappa shape index (κ1) is 23.8. The van der Waals surface area contributed by atoms with E-state index in [2.05, 4.69) is 22.4 Å². The van der Waals surface area contributed by atoms with Crippen LogP contribution in [0.3, 0.4) is 0 Å². The van der Waals surface area contributed by atoms with Crippen LogP contribution in [0.25, 0.3) is 5.57 Å². The molecule has 1 aromatic carbocycles. The highest BCUT2D eigenvalue weighted by Gasteiger charge is 2.24. The van der Waals surface area contributed by atoms with Gasteiger partial charge in [-0.3, -0.25) is 9.78 Å². The fraction of sp³-hybridized carbons (Fsp3) is 0.333. The van der Waals surface area contributed by atoms with Crippen molar-refractivity contribution in [2.24, 2.45) is 0 Å². The minimum atomic E-state index is -0.0488. The van der Waals surface area contributed by atoms with Gasteiger partial charge in [-0.2, -0.15) is 0 Å². The molecule has 0 radical (unpaired) electrons. The average Bonchev–Trinajstić information content (AvgIpc) is 3.29. The largest absolute Gasteiger partial charge is 0.395 e. The van der Waals surface area contributed by atoms with E-state index in [-0.39, 0.29) is 18.3 Å². The predicted molar refractivity (Wildman–Crippen MR) is 138 cm³/mol. The van der Waals surface area contributed by atoms with Crippen LogP contribution in [0.4, 0.5) is 5.69 Å². The molecule has 0 spiro atoms. The van der Waals surface area contributed by atoms with Crippen LogP contribution in [0, 0.1) is 0 Å². The Morgan fingerprint density at radius 2 is 2.14 bits per heavy atom. The molecule has 3 heterocycles. The summed E-state index contributed by atoms with van der Waals surface area (Å²) in [6.07, 6.45) is 6.75. The third-order valence-electron chi connectivity index (χ3n) is 6.46. The number of ether oxygens (including phenoxy) is 1. The Labute approximate surface area is 209 Å². The summed E-state index contributed by atoms with van der Waals surface area (Å²) in [5, 5.41) is 12.9. The number of rotatable bonds is 8. The molecule has 182 valence electrons. The summed E-state index contributed by atoms with van der Waals surface area (Å²) in [7, 11) is 0. The Bertz CT molecular complexity index is 1290. The number of aromatic nitrogens is 2. The lowest BCUT2D eigenvalue weighted by atomic mass is 10.0. The van der Waals surface area contributed by atoms with Crippen molar-refractivity contribution in [3.8, 4) is 0 Å². The first-order valence-electron chi connectivity index (χ1n) is 11.9. The third kappa shape index (κ3) is 5.49. The first-order chi connectivity index (χ1) is 17.1. The van der Waals surface area contributed by atoms with Crippen LogP contribution in [0.5, 0.6) is 0 Å². The molecule has 2 aromatic heterocycles. The summed E-state index contributed by atoms with van der Waals surface area (Å²) < 4.78 is 7.56. The van der Waals surface area contributed by atoms with Gasteiger partial charge in [0.15, 0.2) is 0 Å². The van der Waals surface area contributed by atoms with Crippen LogP contribution in [0.15, 0.2) is 65.7 Å². The number of halogens is 1. The minimum Gasteiger partial charge on any atom is -0.395 e. The molecule has 1 aliphatic carbocycles. The number of aliphatic hydroxyl groups is 1. The van der Waals surface area contributed by atoms with E-state index in [0.717, 1.165) is 53.2 Å². The van der Waals surface area contributed by atoms with Crippen molar-refractivity contribution in [1.82, 2.24) is 14.9 Å². The zero-order chi connectivity index (χ0) is 24.2. The summed E-state index contributed by atoms with van der Waals surface area (Å²) in [5.41, 5.74) is 6.06. The molecular formula is C27H29ClN4O3. The van der Waals surface area contributed by atoms with E-state index >= 15 is 0 Å². The number of pyridine rings is 2. The monoisotopic (exact) mass is 492 g/mol. The number of nitrogens with one attached hydrogen (secondary N) is 1. The van der Waals surface area contributed by atoms with E-state index in [1.807, 2.05) is 42.7 Å². The summed E-state index contributed by atoms with van der Waals surface area (Å²) >= 11 is 6.09. The molecule has 0 bridgehead atoms. The van der Waals surface area contributed by atoms with E-state index < -0.39 is 0 Å². The Morgan fingerprint density at radius 1 is 1.23 bits per heavy atom. The molecule has 3 aromatic rings. The molecule has 2 aliphatic rings. The topological polar surface area (TPSA) is 79.6 Å². The van der Waals surface area contributed by atoms with Gasteiger partial charge in [0.05, 0.1) is 43.4 Å². The van der Waals surface area contributed by atoms with Crippen LogP contribution >= 0.6 is 11.6 Å². The summed E-state index contributed by atoms with van der Waals surface area (Å²) in [6, 6.07) is 13.5. The first-order valence-corrected chi connectivity index (χ1v) is 12.3. The van der Waals surface area contributed by atoms with Gasteiger partial charge in [-0.05, 0) is 41.0 Å². The van der Waals surface area contributed by atoms with Gasteiger partial charge >= 0.3 is 0 Å². The van der Waals surface area contributed by atoms with E-state index in [9.17, 15) is 4.79 Å². The molecule has 1 aliphatic heterocycles. The van der Waals surface area contributed by atoms with E-state index in [4.69, 9.17) is 26.4 Å². The van der Waals surface area contributed by atoms with Gasteiger partial charge in [0.2, 0.25) is 0 Å². The van der Waals surface area contributed by atoms with Crippen molar-refractivity contribution in [3.63, 3.8) is 0 Å². The second kappa shape index (κ2) is 10.7. The molecule has 1 fully saturated rings. The highest BCUT2D eigenvalue weighted by atomic mass is 35.5. The van der Waals surface area contributed by atoms with Crippen LogP contribution in [0.2, 0.25) is 5.02 Å². The van der Waals surface area contributed by atoms with Crippen LogP contribution in [-0.2, 0) is 17.7 Å². The zero-order valence-corrected chi connectivity index (χ0v) is 20.2. The van der Waals surface area contributed by atoms with Gasteiger partial charge in [0, 0.05) is 55.4 Å². The maximum atomic E-state index is 12.9. The normalized spacial score (nSPS) is 17.4. The lowest BCUT2D eigenvalue weighted by Gasteiger charge is -2.34. The molecule has 1 saturated heterocycles. The maximum absolute atomic E-state index is 12.9. The number of aliphatic hydroxyl groups excluding tert-OH is 1. The summed E-state index contributed by atoms with van der Waals surface area (Å²) in [4.78, 5) is 19.9. The number of allylic oxidation sites excluding steroid dienone is 1. The lowest BCUT2D eigenvalue weighted by molar-refractivity contribution is 0.0404. The second-order valence-corrected chi connectivity index (χ2v) is 9.32. The fourth-order valence-corrected chi connectivity index (χ4v) is 4.90. The zero-order valence-electron chi connectivity index (χ0n) is 19.5. The Hall–Kier alpha value is -2.97. The Morgan fingerprint density at radius 3 is 2.97 bits per heavy atom. The lowest BCUT2D eigenvalue weighted by Crippen LogP contribution is -2.47. The highest BCUT2D eigenvalue weighted by Crippen LogP contribution is 2.34. The van der Waals surface area contributed by atoms with Crippen molar-refractivity contribution in [2.45, 2.75) is 19.1 Å². The van der Waals surface area contributed by atoms with Gasteiger partial charge in [-0.25, -0.2) is 0 Å². The number of anilines is 1. The molecule has 2 N–H and O–H groups in total. The standard InChI is InChI=1S/C27H29ClN4O3/c28-21-3-1-2-19(12-21)17-32-8-6-20(13-27(32)34)24-4-5-26-25(24)14-22(15-30-26)31-9-11-35-23(18-31)16-29-7-10-33/h1-4,6,8,12-15,23,29,33H,5,7,9-11,16-18H2. The fourth-order valence-electron chi connectivity index (χ4n) is 4.69. The van der Waals surface area contributed by atoms with Crippen molar-refractivity contribution < 1.29 is 9.84 Å². The minimum absolute atomic E-state index is 0.0488. The van der Waals surface area contributed by atoms with E-state index in [1.165, 1.54) is 0 Å². The molecular weight excluding hydrogens is 464 g/mol. The molecule has 0 amide bonds. The smallest absolute Gasteiger partial charge is 0.251 e. The van der Waals surface area contributed by atoms with E-state index in [0.29, 0.717) is 31.3 Å². The van der Waals surface area contributed by atoms with Gasteiger partial charge in [0.25, 0.3) is 5.56 Å². The van der Waals surface area contributed by atoms with Gasteiger partial charge in [-0.15, -0.1) is 0 Å². The maximum Gasteiger partial charge on any atom is 0.251 e. The molecule has 1 atom stereocenters.